The molecule has 7 heteroatoms. The van der Waals surface area contributed by atoms with E-state index in [0.717, 1.165) is 22.2 Å². The van der Waals surface area contributed by atoms with Crippen molar-refractivity contribution >= 4 is 23.4 Å². The van der Waals surface area contributed by atoms with Crippen molar-refractivity contribution in [2.24, 2.45) is 7.05 Å². The first-order valence-corrected chi connectivity index (χ1v) is 7.49. The lowest BCUT2D eigenvalue weighted by atomic mass is 10.1. The van der Waals surface area contributed by atoms with Crippen molar-refractivity contribution in [2.75, 3.05) is 0 Å². The molecule has 0 unspecified atom stereocenters. The zero-order valence-corrected chi connectivity index (χ0v) is 13.6. The molecule has 1 heterocycles. The molecule has 0 spiro atoms. The molecule has 2 aromatic rings. The Morgan fingerprint density at radius 2 is 2.10 bits per heavy atom. The average Bonchev–Trinajstić information content (AvgIpc) is 2.75. The smallest absolute Gasteiger partial charge is 0.213 e. The largest absolute Gasteiger partial charge is 0.308 e. The van der Waals surface area contributed by atoms with Crippen LogP contribution in [0.1, 0.15) is 26.3 Å². The summed E-state index contributed by atoms with van der Waals surface area (Å²) in [5, 5.41) is 16.4. The van der Waals surface area contributed by atoms with E-state index in [9.17, 15) is 0 Å². The third-order valence-corrected chi connectivity index (χ3v) is 4.27. The third kappa shape index (κ3) is 3.94. The monoisotopic (exact) mass is 311 g/mol. The number of hydrogen-bond donors (Lipinski definition) is 1. The second-order valence-corrected chi connectivity index (χ2v) is 6.90. The van der Waals surface area contributed by atoms with E-state index in [4.69, 9.17) is 11.6 Å². The predicted octanol–water partition coefficient (Wildman–Crippen LogP) is 2.90. The summed E-state index contributed by atoms with van der Waals surface area (Å²) in [5.74, 6) is 0. The molecule has 0 saturated carbocycles. The predicted molar refractivity (Wildman–Crippen MR) is 81.0 cm³/mol. The van der Waals surface area contributed by atoms with Crippen LogP contribution in [0.5, 0.6) is 0 Å². The van der Waals surface area contributed by atoms with Crippen molar-refractivity contribution in [2.45, 2.75) is 42.9 Å². The Morgan fingerprint density at radius 1 is 1.35 bits per heavy atom. The van der Waals surface area contributed by atoms with Crippen molar-refractivity contribution in [3.8, 4) is 0 Å². The molecule has 0 radical (unpaired) electrons. The van der Waals surface area contributed by atoms with Crippen LogP contribution in [-0.2, 0) is 13.6 Å². The van der Waals surface area contributed by atoms with Gasteiger partial charge in [-0.1, -0.05) is 23.7 Å². The number of halogens is 1. The lowest BCUT2D eigenvalue weighted by Gasteiger charge is -2.21. The molecule has 0 saturated heterocycles. The van der Waals surface area contributed by atoms with Gasteiger partial charge in [0, 0.05) is 24.0 Å². The minimum absolute atomic E-state index is 0.0522. The molecule has 0 fully saturated rings. The van der Waals surface area contributed by atoms with Gasteiger partial charge in [-0.15, -0.1) is 5.10 Å². The first-order valence-electron chi connectivity index (χ1n) is 6.29. The summed E-state index contributed by atoms with van der Waals surface area (Å²) in [6, 6.07) is 5.91. The summed E-state index contributed by atoms with van der Waals surface area (Å²) in [4.78, 5) is 0.990. The Balaban J connectivity index is 2.25. The van der Waals surface area contributed by atoms with Crippen LogP contribution in [0.2, 0.25) is 5.02 Å². The maximum absolute atomic E-state index is 6.32. The lowest BCUT2D eigenvalue weighted by Crippen LogP contribution is -2.35. The van der Waals surface area contributed by atoms with Gasteiger partial charge in [0.2, 0.25) is 5.16 Å². The zero-order chi connectivity index (χ0) is 14.8. The summed E-state index contributed by atoms with van der Waals surface area (Å²) >= 11 is 7.80. The highest BCUT2D eigenvalue weighted by Gasteiger charge is 2.15. The molecular formula is C13H18ClN5S. The topological polar surface area (TPSA) is 55.6 Å². The van der Waals surface area contributed by atoms with Gasteiger partial charge in [0.25, 0.3) is 0 Å². The van der Waals surface area contributed by atoms with Gasteiger partial charge < -0.3 is 5.32 Å². The normalized spacial score (nSPS) is 11.8. The van der Waals surface area contributed by atoms with Crippen LogP contribution in [0.25, 0.3) is 0 Å². The molecule has 0 atom stereocenters. The highest BCUT2D eigenvalue weighted by Crippen LogP contribution is 2.34. The molecular weight excluding hydrogens is 294 g/mol. The third-order valence-electron chi connectivity index (χ3n) is 2.63. The summed E-state index contributed by atoms with van der Waals surface area (Å²) in [6.45, 7) is 7.16. The van der Waals surface area contributed by atoms with Crippen LogP contribution in [0, 0.1) is 0 Å². The molecule has 0 bridgehead atoms. The molecule has 108 valence electrons. The fraction of sp³-hybridized carbons (Fsp3) is 0.462. The highest BCUT2D eigenvalue weighted by molar-refractivity contribution is 7.99. The minimum Gasteiger partial charge on any atom is -0.308 e. The van der Waals surface area contributed by atoms with Gasteiger partial charge in [0.05, 0.1) is 5.02 Å². The molecule has 1 aromatic carbocycles. The number of hydrogen-bond acceptors (Lipinski definition) is 5. The second-order valence-electron chi connectivity index (χ2n) is 5.52. The summed E-state index contributed by atoms with van der Waals surface area (Å²) in [5.41, 5.74) is 1.19. The first kappa shape index (κ1) is 15.3. The van der Waals surface area contributed by atoms with Crippen LogP contribution in [0.3, 0.4) is 0 Å². The van der Waals surface area contributed by atoms with E-state index in [2.05, 4.69) is 47.7 Å². The molecule has 20 heavy (non-hydrogen) atoms. The van der Waals surface area contributed by atoms with E-state index in [-0.39, 0.29) is 5.54 Å². The zero-order valence-electron chi connectivity index (χ0n) is 12.0. The highest BCUT2D eigenvalue weighted by atomic mass is 35.5. The van der Waals surface area contributed by atoms with Gasteiger partial charge in [-0.25, -0.2) is 4.68 Å². The Kier molecular flexibility index (Phi) is 4.67. The van der Waals surface area contributed by atoms with Crippen LogP contribution in [-0.4, -0.2) is 25.7 Å². The summed E-state index contributed by atoms with van der Waals surface area (Å²) in [7, 11) is 1.81. The SMILES string of the molecule is Cn1nnnc1Sc1c(Cl)cccc1CNC(C)(C)C. The van der Waals surface area contributed by atoms with Gasteiger partial charge in [0.1, 0.15) is 0 Å². The Bertz CT molecular complexity index is 591. The fourth-order valence-electron chi connectivity index (χ4n) is 1.57. The lowest BCUT2D eigenvalue weighted by molar-refractivity contribution is 0.422. The van der Waals surface area contributed by atoms with Crippen LogP contribution in [0.4, 0.5) is 0 Å². The van der Waals surface area contributed by atoms with Crippen LogP contribution in [0.15, 0.2) is 28.3 Å². The van der Waals surface area contributed by atoms with E-state index in [1.807, 2.05) is 19.2 Å². The quantitative estimate of drug-likeness (QED) is 0.941. The Labute approximate surface area is 128 Å². The number of tetrazole rings is 1. The van der Waals surface area contributed by atoms with E-state index >= 15 is 0 Å². The molecule has 0 aliphatic rings. The van der Waals surface area contributed by atoms with E-state index in [0.29, 0.717) is 5.02 Å². The van der Waals surface area contributed by atoms with Crippen molar-refractivity contribution in [1.82, 2.24) is 25.5 Å². The maximum Gasteiger partial charge on any atom is 0.213 e. The number of aromatic nitrogens is 4. The number of nitrogens with zero attached hydrogens (tertiary/aromatic N) is 4. The Hall–Kier alpha value is -1.11. The van der Waals surface area contributed by atoms with Crippen molar-refractivity contribution in [3.05, 3.63) is 28.8 Å². The average molecular weight is 312 g/mol. The van der Waals surface area contributed by atoms with E-state index in [1.54, 1.807) is 4.68 Å². The second kappa shape index (κ2) is 6.11. The molecule has 1 N–H and O–H groups in total. The molecule has 5 nitrogen and oxygen atoms in total. The van der Waals surface area contributed by atoms with Crippen molar-refractivity contribution in [1.29, 1.82) is 0 Å². The number of nitrogens with one attached hydrogen (secondary N) is 1. The minimum atomic E-state index is 0.0522. The molecule has 0 aliphatic carbocycles. The van der Waals surface area contributed by atoms with Crippen molar-refractivity contribution in [3.63, 3.8) is 0 Å². The van der Waals surface area contributed by atoms with Gasteiger partial charge in [0.15, 0.2) is 0 Å². The van der Waals surface area contributed by atoms with Crippen molar-refractivity contribution < 1.29 is 0 Å². The van der Waals surface area contributed by atoms with Crippen LogP contribution >= 0.6 is 23.4 Å². The summed E-state index contributed by atoms with van der Waals surface area (Å²) < 4.78 is 1.63. The molecule has 2 rings (SSSR count). The Morgan fingerprint density at radius 3 is 2.70 bits per heavy atom. The standard InChI is InChI=1S/C13H18ClN5S/c1-13(2,3)15-8-9-6-5-7-10(14)11(9)20-12-16-17-18-19(12)4/h5-7,15H,8H2,1-4H3. The number of aryl methyl sites for hydroxylation is 1. The van der Waals surface area contributed by atoms with Gasteiger partial charge >= 0.3 is 0 Å². The van der Waals surface area contributed by atoms with Gasteiger partial charge in [-0.05, 0) is 54.6 Å². The van der Waals surface area contributed by atoms with E-state index in [1.165, 1.54) is 11.8 Å². The maximum atomic E-state index is 6.32. The molecule has 0 aliphatic heterocycles. The van der Waals surface area contributed by atoms with Gasteiger partial charge in [-0.2, -0.15) is 0 Å². The molecule has 1 aromatic heterocycles. The summed E-state index contributed by atoms with van der Waals surface area (Å²) in [6.07, 6.45) is 0. The van der Waals surface area contributed by atoms with Crippen LogP contribution < -0.4 is 5.32 Å². The van der Waals surface area contributed by atoms with E-state index < -0.39 is 0 Å². The number of rotatable bonds is 4. The fourth-order valence-corrected chi connectivity index (χ4v) is 2.74. The molecule has 0 amide bonds. The van der Waals surface area contributed by atoms with Gasteiger partial charge in [-0.3, -0.25) is 0 Å². The first-order chi connectivity index (χ1) is 9.37. The number of benzene rings is 1.